The molecule has 0 aliphatic rings. The van der Waals surface area contributed by atoms with E-state index in [1.165, 1.54) is 12.1 Å². The van der Waals surface area contributed by atoms with Crippen molar-refractivity contribution in [2.75, 3.05) is 13.2 Å². The van der Waals surface area contributed by atoms with Crippen molar-refractivity contribution < 1.29 is 19.4 Å². The molecule has 0 saturated heterocycles. The number of carbonyl (C=O) groups is 1. The second-order valence-electron chi connectivity index (χ2n) is 4.85. The van der Waals surface area contributed by atoms with Crippen molar-refractivity contribution in [3.8, 4) is 11.5 Å². The Balaban J connectivity index is 2.92. The number of carboxylic acids is 1. The summed E-state index contributed by atoms with van der Waals surface area (Å²) in [5.41, 5.74) is 2.30. The lowest BCUT2D eigenvalue weighted by atomic mass is 10.2. The third kappa shape index (κ3) is 5.73. The molecule has 0 aliphatic heterocycles. The third-order valence-corrected chi connectivity index (χ3v) is 3.05. The molecule has 1 aromatic rings. The fourth-order valence-corrected chi connectivity index (χ4v) is 1.42. The number of benzene rings is 1. The number of hydrogen-bond acceptors (Lipinski definition) is 3. The van der Waals surface area contributed by atoms with E-state index in [4.69, 9.17) is 14.6 Å². The minimum absolute atomic E-state index is 0.152. The molecule has 0 bridgehead atoms. The number of aromatic carboxylic acids is 1. The second-order valence-corrected chi connectivity index (χ2v) is 4.85. The topological polar surface area (TPSA) is 55.8 Å². The fourth-order valence-electron chi connectivity index (χ4n) is 1.42. The van der Waals surface area contributed by atoms with Crippen LogP contribution in [0.4, 0.5) is 0 Å². The maximum Gasteiger partial charge on any atom is 0.335 e. The molecule has 1 N–H and O–H groups in total. The lowest BCUT2D eigenvalue weighted by Gasteiger charge is -2.11. The minimum atomic E-state index is -1.00. The molecule has 0 fully saturated rings. The zero-order chi connectivity index (χ0) is 15.8. The highest BCUT2D eigenvalue weighted by Crippen LogP contribution is 2.24. The van der Waals surface area contributed by atoms with Gasteiger partial charge >= 0.3 is 5.97 Å². The van der Waals surface area contributed by atoms with Gasteiger partial charge in [-0.3, -0.25) is 0 Å². The van der Waals surface area contributed by atoms with Crippen LogP contribution in [0.1, 0.15) is 38.1 Å². The molecule has 0 aromatic heterocycles. The van der Waals surface area contributed by atoms with Crippen molar-refractivity contribution in [2.45, 2.75) is 27.7 Å². The molecule has 4 heteroatoms. The summed E-state index contributed by atoms with van der Waals surface area (Å²) in [5, 5.41) is 9.15. The van der Waals surface area contributed by atoms with Gasteiger partial charge in [0.1, 0.15) is 24.7 Å². The van der Waals surface area contributed by atoms with Crippen LogP contribution >= 0.6 is 0 Å². The summed E-state index contributed by atoms with van der Waals surface area (Å²) in [5.74, 6) is -0.0238. The molecule has 0 radical (unpaired) electrons. The van der Waals surface area contributed by atoms with Crippen molar-refractivity contribution in [1.82, 2.24) is 0 Å². The van der Waals surface area contributed by atoms with Gasteiger partial charge in [-0.2, -0.15) is 0 Å². The molecule has 0 unspecified atom stereocenters. The van der Waals surface area contributed by atoms with Gasteiger partial charge in [-0.05, 0) is 51.0 Å². The fraction of sp³-hybridized carbons (Fsp3) is 0.353. The summed E-state index contributed by atoms with van der Waals surface area (Å²) in [7, 11) is 0. The smallest absolute Gasteiger partial charge is 0.335 e. The summed E-state index contributed by atoms with van der Waals surface area (Å²) in [6.07, 6.45) is 3.90. The molecule has 21 heavy (non-hydrogen) atoms. The standard InChI is InChI=1S/C17H22O4/c1-5-12(3)10-20-15-7-14(17(18)19)8-16(9-15)21-11-13(4)6-2/h5-9H,10-11H2,1-4H3,(H,18,19)/b12-5+,13-6+. The molecular formula is C17H22O4. The monoisotopic (exact) mass is 290 g/mol. The van der Waals surface area contributed by atoms with Gasteiger partial charge in [-0.15, -0.1) is 0 Å². The summed E-state index contributed by atoms with van der Waals surface area (Å²) < 4.78 is 11.2. The van der Waals surface area contributed by atoms with Gasteiger partial charge in [0.2, 0.25) is 0 Å². The molecular weight excluding hydrogens is 268 g/mol. The van der Waals surface area contributed by atoms with E-state index >= 15 is 0 Å². The van der Waals surface area contributed by atoms with Gasteiger partial charge in [-0.1, -0.05) is 12.2 Å². The first-order valence-electron chi connectivity index (χ1n) is 6.83. The first kappa shape index (κ1) is 16.8. The summed E-state index contributed by atoms with van der Waals surface area (Å²) in [4.78, 5) is 11.2. The zero-order valence-electron chi connectivity index (χ0n) is 13.0. The van der Waals surface area contributed by atoms with Gasteiger partial charge in [0, 0.05) is 6.07 Å². The van der Waals surface area contributed by atoms with Crippen molar-refractivity contribution in [3.63, 3.8) is 0 Å². The molecule has 0 saturated carbocycles. The van der Waals surface area contributed by atoms with Crippen LogP contribution in [-0.2, 0) is 0 Å². The van der Waals surface area contributed by atoms with Crippen LogP contribution in [0.2, 0.25) is 0 Å². The number of allylic oxidation sites excluding steroid dienone is 2. The third-order valence-electron chi connectivity index (χ3n) is 3.05. The van der Waals surface area contributed by atoms with E-state index in [1.807, 2.05) is 39.8 Å². The van der Waals surface area contributed by atoms with Crippen LogP contribution in [-0.4, -0.2) is 24.3 Å². The first-order chi connectivity index (χ1) is 9.96. The van der Waals surface area contributed by atoms with Gasteiger partial charge in [0.05, 0.1) is 5.56 Å². The van der Waals surface area contributed by atoms with Crippen LogP contribution in [0.3, 0.4) is 0 Å². The van der Waals surface area contributed by atoms with Crippen molar-refractivity contribution in [3.05, 3.63) is 47.1 Å². The van der Waals surface area contributed by atoms with Crippen molar-refractivity contribution >= 4 is 5.97 Å². The van der Waals surface area contributed by atoms with Gasteiger partial charge < -0.3 is 14.6 Å². The lowest BCUT2D eigenvalue weighted by Crippen LogP contribution is -2.04. The molecule has 1 aromatic carbocycles. The Morgan fingerprint density at radius 1 is 1.00 bits per heavy atom. The normalized spacial score (nSPS) is 12.2. The van der Waals surface area contributed by atoms with Crippen LogP contribution in [0.15, 0.2) is 41.5 Å². The molecule has 4 nitrogen and oxygen atoms in total. The van der Waals surface area contributed by atoms with E-state index in [0.717, 1.165) is 11.1 Å². The zero-order valence-corrected chi connectivity index (χ0v) is 13.0. The molecule has 0 amide bonds. The molecule has 0 spiro atoms. The largest absolute Gasteiger partial charge is 0.489 e. The predicted molar refractivity (Wildman–Crippen MR) is 83.3 cm³/mol. The highest BCUT2D eigenvalue weighted by molar-refractivity contribution is 5.88. The van der Waals surface area contributed by atoms with Crippen molar-refractivity contribution in [2.24, 2.45) is 0 Å². The quantitative estimate of drug-likeness (QED) is 0.769. The summed E-state index contributed by atoms with van der Waals surface area (Å²) in [6.45, 7) is 8.61. The molecule has 0 aliphatic carbocycles. The molecule has 1 rings (SSSR count). The Hall–Kier alpha value is -2.23. The highest BCUT2D eigenvalue weighted by atomic mass is 16.5. The maximum atomic E-state index is 11.2. The van der Waals surface area contributed by atoms with E-state index in [1.54, 1.807) is 6.07 Å². The summed E-state index contributed by atoms with van der Waals surface area (Å²) >= 11 is 0. The first-order valence-corrected chi connectivity index (χ1v) is 6.83. The molecule has 0 atom stereocenters. The number of ether oxygens (including phenoxy) is 2. The SMILES string of the molecule is C/C=C(\C)COc1cc(OC/C(C)=C/C)cc(C(=O)O)c1. The van der Waals surface area contributed by atoms with Crippen LogP contribution in [0, 0.1) is 0 Å². The highest BCUT2D eigenvalue weighted by Gasteiger charge is 2.09. The van der Waals surface area contributed by atoms with Crippen LogP contribution < -0.4 is 9.47 Å². The number of rotatable bonds is 7. The van der Waals surface area contributed by atoms with E-state index in [0.29, 0.717) is 24.7 Å². The second kappa shape index (κ2) is 8.15. The van der Waals surface area contributed by atoms with Crippen LogP contribution in [0.5, 0.6) is 11.5 Å². The van der Waals surface area contributed by atoms with E-state index in [9.17, 15) is 4.79 Å². The average molecular weight is 290 g/mol. The van der Waals surface area contributed by atoms with E-state index in [-0.39, 0.29) is 5.56 Å². The van der Waals surface area contributed by atoms with Crippen LogP contribution in [0.25, 0.3) is 0 Å². The number of hydrogen-bond donors (Lipinski definition) is 1. The Bertz CT molecular complexity index is 516. The maximum absolute atomic E-state index is 11.2. The van der Waals surface area contributed by atoms with Gasteiger partial charge in [0.25, 0.3) is 0 Å². The lowest BCUT2D eigenvalue weighted by molar-refractivity contribution is 0.0696. The molecule has 0 heterocycles. The Morgan fingerprint density at radius 3 is 1.76 bits per heavy atom. The van der Waals surface area contributed by atoms with Gasteiger partial charge in [0.15, 0.2) is 0 Å². The number of carboxylic acid groups (broad SMARTS) is 1. The molecule has 114 valence electrons. The van der Waals surface area contributed by atoms with E-state index < -0.39 is 5.97 Å². The summed E-state index contributed by atoms with van der Waals surface area (Å²) in [6, 6.07) is 4.71. The average Bonchev–Trinajstić information content (AvgIpc) is 2.49. The van der Waals surface area contributed by atoms with E-state index in [2.05, 4.69) is 0 Å². The van der Waals surface area contributed by atoms with Gasteiger partial charge in [-0.25, -0.2) is 4.79 Å². The van der Waals surface area contributed by atoms with Crippen molar-refractivity contribution in [1.29, 1.82) is 0 Å². The predicted octanol–water partition coefficient (Wildman–Crippen LogP) is 4.07. The Labute approximate surface area is 125 Å². The Kier molecular flexibility index (Phi) is 6.53. The Morgan fingerprint density at radius 2 is 1.43 bits per heavy atom. The minimum Gasteiger partial charge on any atom is -0.489 e.